The average Bonchev–Trinajstić information content (AvgIpc) is 3.36. The molecule has 1 N–H and O–H groups in total. The lowest BCUT2D eigenvalue weighted by atomic mass is 10.0. The van der Waals surface area contributed by atoms with E-state index < -0.39 is 0 Å². The van der Waals surface area contributed by atoms with Crippen molar-refractivity contribution in [2.45, 2.75) is 25.3 Å². The monoisotopic (exact) mass is 384 g/mol. The Morgan fingerprint density at radius 2 is 2.00 bits per heavy atom. The van der Waals surface area contributed by atoms with Gasteiger partial charge in [0.05, 0.1) is 0 Å². The molecule has 5 heteroatoms. The smallest absolute Gasteiger partial charge is 0.226 e. The number of hydrogen-bond donors (Lipinski definition) is 1. The van der Waals surface area contributed by atoms with Gasteiger partial charge in [0, 0.05) is 57.6 Å². The number of halogens is 2. The molecule has 2 unspecified atom stereocenters. The summed E-state index contributed by atoms with van der Waals surface area (Å²) in [6, 6.07) is 13.8. The van der Waals surface area contributed by atoms with Gasteiger partial charge in [-0.25, -0.2) is 0 Å². The van der Waals surface area contributed by atoms with Crippen LogP contribution in [-0.2, 0) is 17.8 Å². The number of carbonyl (C=O) groups excluding carboxylic acids is 1. The van der Waals surface area contributed by atoms with Crippen LogP contribution < -0.4 is 0 Å². The van der Waals surface area contributed by atoms with Gasteiger partial charge in [0.1, 0.15) is 0 Å². The first kappa shape index (κ1) is 16.2. The molecule has 1 aliphatic heterocycles. The number of carbonyl (C=O) groups is 1. The molecule has 0 saturated heterocycles. The molecule has 0 bridgehead atoms. The van der Waals surface area contributed by atoms with Crippen molar-refractivity contribution in [1.82, 2.24) is 9.88 Å². The lowest BCUT2D eigenvalue weighted by molar-refractivity contribution is -0.133. The molecular weight excluding hydrogens is 367 g/mol. The van der Waals surface area contributed by atoms with Crippen molar-refractivity contribution < 1.29 is 4.79 Å². The van der Waals surface area contributed by atoms with Gasteiger partial charge in [0.25, 0.3) is 0 Å². The minimum atomic E-state index is 0.0604. The Balaban J connectivity index is 1.38. The summed E-state index contributed by atoms with van der Waals surface area (Å²) < 4.78 is 0. The number of benzene rings is 2. The van der Waals surface area contributed by atoms with Crippen LogP contribution in [0.15, 0.2) is 42.5 Å². The van der Waals surface area contributed by atoms with Crippen LogP contribution in [0.4, 0.5) is 0 Å². The lowest BCUT2D eigenvalue weighted by Gasteiger charge is -2.27. The highest BCUT2D eigenvalue weighted by Crippen LogP contribution is 2.50. The molecule has 3 aromatic rings. The van der Waals surface area contributed by atoms with E-state index in [1.165, 1.54) is 11.3 Å². The largest absolute Gasteiger partial charge is 0.358 e. The van der Waals surface area contributed by atoms with Crippen LogP contribution in [0.1, 0.15) is 29.2 Å². The van der Waals surface area contributed by atoms with Crippen molar-refractivity contribution in [3.8, 4) is 0 Å². The minimum absolute atomic E-state index is 0.0604. The van der Waals surface area contributed by atoms with Gasteiger partial charge in [-0.05, 0) is 42.2 Å². The Labute approximate surface area is 161 Å². The van der Waals surface area contributed by atoms with E-state index in [1.54, 1.807) is 0 Å². The number of hydrogen-bond acceptors (Lipinski definition) is 1. The maximum absolute atomic E-state index is 13.0. The van der Waals surface area contributed by atoms with Crippen molar-refractivity contribution in [3.05, 3.63) is 69.3 Å². The normalized spacial score (nSPS) is 21.7. The molecule has 1 saturated carbocycles. The lowest BCUT2D eigenvalue weighted by Crippen LogP contribution is -2.37. The van der Waals surface area contributed by atoms with Crippen LogP contribution in [0.5, 0.6) is 0 Å². The van der Waals surface area contributed by atoms with E-state index in [1.807, 2.05) is 47.4 Å². The molecule has 2 aliphatic rings. The zero-order chi connectivity index (χ0) is 17.8. The van der Waals surface area contributed by atoms with E-state index in [4.69, 9.17) is 23.2 Å². The van der Waals surface area contributed by atoms with Crippen molar-refractivity contribution >= 4 is 40.0 Å². The quantitative estimate of drug-likeness (QED) is 0.650. The number of fused-ring (bicyclic) bond motifs is 3. The van der Waals surface area contributed by atoms with Crippen LogP contribution >= 0.6 is 23.2 Å². The molecule has 1 aromatic heterocycles. The summed E-state index contributed by atoms with van der Waals surface area (Å²) in [5.41, 5.74) is 4.62. The Bertz CT molecular complexity index is 1030. The summed E-state index contributed by atoms with van der Waals surface area (Å²) in [5, 5.41) is 2.62. The Hall–Kier alpha value is -1.97. The molecule has 2 heterocycles. The Kier molecular flexibility index (Phi) is 3.77. The van der Waals surface area contributed by atoms with E-state index in [0.29, 0.717) is 6.54 Å². The maximum atomic E-state index is 13.0. The first-order valence-corrected chi connectivity index (χ1v) is 9.69. The fourth-order valence-corrected chi connectivity index (χ4v) is 4.64. The van der Waals surface area contributed by atoms with Gasteiger partial charge in [-0.15, -0.1) is 0 Å². The number of H-pyrrole nitrogens is 1. The minimum Gasteiger partial charge on any atom is -0.358 e. The van der Waals surface area contributed by atoms with Crippen LogP contribution in [-0.4, -0.2) is 22.3 Å². The molecule has 26 heavy (non-hydrogen) atoms. The first-order valence-electron chi connectivity index (χ1n) is 8.94. The first-order chi connectivity index (χ1) is 12.6. The fourth-order valence-electron chi connectivity index (χ4n) is 4.20. The predicted molar refractivity (Wildman–Crippen MR) is 105 cm³/mol. The second-order valence-electron chi connectivity index (χ2n) is 7.25. The summed E-state index contributed by atoms with van der Waals surface area (Å²) >= 11 is 12.5. The Morgan fingerprint density at radius 3 is 2.85 bits per heavy atom. The third kappa shape index (κ3) is 2.62. The predicted octanol–water partition coefficient (Wildman–Crippen LogP) is 5.16. The van der Waals surface area contributed by atoms with Crippen molar-refractivity contribution in [1.29, 1.82) is 0 Å². The second-order valence-corrected chi connectivity index (χ2v) is 8.10. The molecular formula is C21H18Cl2N2O. The number of nitrogens with one attached hydrogen (secondary N) is 1. The maximum Gasteiger partial charge on any atom is 0.226 e. The van der Waals surface area contributed by atoms with E-state index in [0.717, 1.165) is 45.9 Å². The average molecular weight is 385 g/mol. The van der Waals surface area contributed by atoms with Crippen molar-refractivity contribution in [2.75, 3.05) is 6.54 Å². The van der Waals surface area contributed by atoms with Gasteiger partial charge in [-0.3, -0.25) is 4.79 Å². The number of aromatic amines is 1. The van der Waals surface area contributed by atoms with Gasteiger partial charge in [0.2, 0.25) is 5.91 Å². The van der Waals surface area contributed by atoms with Gasteiger partial charge in [-0.1, -0.05) is 41.4 Å². The second kappa shape index (κ2) is 6.04. The molecule has 1 fully saturated rings. The molecule has 1 amide bonds. The van der Waals surface area contributed by atoms with Gasteiger partial charge < -0.3 is 9.88 Å². The number of amides is 1. The third-order valence-corrected chi connectivity index (χ3v) is 6.24. The van der Waals surface area contributed by atoms with E-state index in [2.05, 4.69) is 4.98 Å². The van der Waals surface area contributed by atoms with Gasteiger partial charge >= 0.3 is 0 Å². The van der Waals surface area contributed by atoms with E-state index in [-0.39, 0.29) is 17.7 Å². The number of aromatic nitrogens is 1. The summed E-state index contributed by atoms with van der Waals surface area (Å²) in [5.74, 6) is 0.567. The fraction of sp³-hybridized carbons (Fsp3) is 0.286. The SMILES string of the molecule is O=C(C1CC1c1ccccc1Cl)N1CCc2[nH]c3ccc(Cl)cc3c2C1. The van der Waals surface area contributed by atoms with E-state index >= 15 is 0 Å². The van der Waals surface area contributed by atoms with Gasteiger partial charge in [0.15, 0.2) is 0 Å². The molecule has 0 spiro atoms. The van der Waals surface area contributed by atoms with Crippen LogP contribution in [0.3, 0.4) is 0 Å². The van der Waals surface area contributed by atoms with Gasteiger partial charge in [-0.2, -0.15) is 0 Å². The summed E-state index contributed by atoms with van der Waals surface area (Å²) in [6.07, 6.45) is 1.75. The van der Waals surface area contributed by atoms with Crippen LogP contribution in [0.25, 0.3) is 10.9 Å². The Morgan fingerprint density at radius 1 is 1.15 bits per heavy atom. The number of nitrogens with zero attached hydrogens (tertiary/aromatic N) is 1. The summed E-state index contributed by atoms with van der Waals surface area (Å²) in [4.78, 5) is 18.5. The molecule has 5 rings (SSSR count). The topological polar surface area (TPSA) is 36.1 Å². The van der Waals surface area contributed by atoms with E-state index in [9.17, 15) is 4.79 Å². The zero-order valence-electron chi connectivity index (χ0n) is 14.1. The standard InChI is InChI=1S/C21H18Cl2N2O/c22-12-5-6-19-15(9-12)17-11-25(8-7-20(17)24-19)21(26)16-10-14(16)13-3-1-2-4-18(13)23/h1-6,9,14,16,24H,7-8,10-11H2. The molecule has 2 aromatic carbocycles. The summed E-state index contributed by atoms with van der Waals surface area (Å²) in [6.45, 7) is 1.42. The molecule has 1 aliphatic carbocycles. The molecule has 132 valence electrons. The highest BCUT2D eigenvalue weighted by molar-refractivity contribution is 6.31. The van der Waals surface area contributed by atoms with Crippen molar-refractivity contribution in [3.63, 3.8) is 0 Å². The molecule has 0 radical (unpaired) electrons. The zero-order valence-corrected chi connectivity index (χ0v) is 15.6. The van der Waals surface area contributed by atoms with Crippen LogP contribution in [0, 0.1) is 5.92 Å². The van der Waals surface area contributed by atoms with Crippen LogP contribution in [0.2, 0.25) is 10.0 Å². The van der Waals surface area contributed by atoms with Crippen molar-refractivity contribution in [2.24, 2.45) is 5.92 Å². The highest BCUT2D eigenvalue weighted by atomic mass is 35.5. The number of rotatable bonds is 2. The summed E-state index contributed by atoms with van der Waals surface area (Å²) in [7, 11) is 0. The highest BCUT2D eigenvalue weighted by Gasteiger charge is 2.47. The third-order valence-electron chi connectivity index (χ3n) is 5.66. The molecule has 2 atom stereocenters. The molecule has 3 nitrogen and oxygen atoms in total.